The molecule has 0 atom stereocenters. The van der Waals surface area contributed by atoms with E-state index in [1.165, 1.54) is 12.8 Å². The summed E-state index contributed by atoms with van der Waals surface area (Å²) in [5.74, 6) is 0.662. The Morgan fingerprint density at radius 2 is 2.19 bits per heavy atom. The number of nitrogens with one attached hydrogen (secondary N) is 1. The lowest BCUT2D eigenvalue weighted by Crippen LogP contribution is -2.26. The minimum atomic E-state index is -0.124. The zero-order valence-electron chi connectivity index (χ0n) is 12.2. The van der Waals surface area contributed by atoms with Crippen LogP contribution in [0.5, 0.6) is 0 Å². The molecular weight excluding hydrogens is 268 g/mol. The van der Waals surface area contributed by atoms with Crippen LogP contribution >= 0.6 is 0 Å². The van der Waals surface area contributed by atoms with Gasteiger partial charge in [-0.2, -0.15) is 0 Å². The van der Waals surface area contributed by atoms with Gasteiger partial charge in [0.15, 0.2) is 5.65 Å². The number of hydrogen-bond acceptors (Lipinski definition) is 4. The van der Waals surface area contributed by atoms with Crippen LogP contribution < -0.4 is 5.32 Å². The number of aromatic nitrogens is 3. The number of fused-ring (bicyclic) bond motifs is 1. The average Bonchev–Trinajstić information content (AvgIpc) is 2.94. The molecule has 6 nitrogen and oxygen atoms in total. The molecule has 0 saturated heterocycles. The first-order valence-corrected chi connectivity index (χ1v) is 7.41. The van der Waals surface area contributed by atoms with Crippen molar-refractivity contribution in [1.82, 2.24) is 14.6 Å². The fourth-order valence-corrected chi connectivity index (χ4v) is 2.69. The molecule has 0 aromatic carbocycles. The molecule has 3 rings (SSSR count). The molecule has 1 N–H and O–H groups in total. The summed E-state index contributed by atoms with van der Waals surface area (Å²) in [6.07, 6.45) is 8.11. The van der Waals surface area contributed by atoms with E-state index < -0.39 is 0 Å². The lowest BCUT2D eigenvalue weighted by molar-refractivity contribution is -0.123. The van der Waals surface area contributed by atoms with Crippen molar-refractivity contribution in [2.24, 2.45) is 5.92 Å². The number of carbonyl (C=O) groups is 1. The van der Waals surface area contributed by atoms with Gasteiger partial charge in [-0.25, -0.2) is 0 Å². The summed E-state index contributed by atoms with van der Waals surface area (Å²) in [5.41, 5.74) is 1.47. The van der Waals surface area contributed by atoms with Crippen LogP contribution in [0.1, 0.15) is 32.6 Å². The maximum atomic E-state index is 11.9. The van der Waals surface area contributed by atoms with E-state index in [0.717, 1.165) is 24.4 Å². The topological polar surface area (TPSA) is 68.5 Å². The van der Waals surface area contributed by atoms with Crippen LogP contribution in [-0.2, 0) is 9.53 Å². The molecule has 1 aliphatic rings. The van der Waals surface area contributed by atoms with Crippen molar-refractivity contribution < 1.29 is 9.53 Å². The van der Waals surface area contributed by atoms with Crippen molar-refractivity contribution in [1.29, 1.82) is 0 Å². The van der Waals surface area contributed by atoms with Crippen LogP contribution in [0.3, 0.4) is 0 Å². The molecule has 2 aromatic heterocycles. The van der Waals surface area contributed by atoms with E-state index in [0.29, 0.717) is 5.69 Å². The Bertz CT molecular complexity index is 617. The Kier molecular flexibility index (Phi) is 4.15. The van der Waals surface area contributed by atoms with Crippen molar-refractivity contribution in [3.05, 3.63) is 24.7 Å². The summed E-state index contributed by atoms with van der Waals surface area (Å²) in [6.45, 7) is 2.38. The predicted molar refractivity (Wildman–Crippen MR) is 79.0 cm³/mol. The van der Waals surface area contributed by atoms with Gasteiger partial charge in [0.1, 0.15) is 12.9 Å². The smallest absolute Gasteiger partial charge is 0.250 e. The van der Waals surface area contributed by atoms with Gasteiger partial charge in [-0.1, -0.05) is 6.92 Å². The minimum absolute atomic E-state index is 0.110. The summed E-state index contributed by atoms with van der Waals surface area (Å²) in [6, 6.07) is 3.62. The SMILES string of the molecule is CC1CCC(OCC(=O)Nc2ccc3nncn3c2)CC1. The summed E-state index contributed by atoms with van der Waals surface area (Å²) in [4.78, 5) is 11.9. The second-order valence-electron chi connectivity index (χ2n) is 5.76. The summed E-state index contributed by atoms with van der Waals surface area (Å²) < 4.78 is 7.46. The first-order chi connectivity index (χ1) is 10.2. The van der Waals surface area contributed by atoms with E-state index in [9.17, 15) is 4.79 Å². The molecular formula is C15H20N4O2. The highest BCUT2D eigenvalue weighted by molar-refractivity contribution is 5.91. The summed E-state index contributed by atoms with van der Waals surface area (Å²) in [5, 5.41) is 10.6. The third-order valence-electron chi connectivity index (χ3n) is 3.99. The molecule has 2 aromatic rings. The third-order valence-corrected chi connectivity index (χ3v) is 3.99. The molecule has 6 heteroatoms. The highest BCUT2D eigenvalue weighted by Crippen LogP contribution is 2.25. The van der Waals surface area contributed by atoms with Gasteiger partial charge in [0.05, 0.1) is 11.8 Å². The van der Waals surface area contributed by atoms with E-state index >= 15 is 0 Å². The van der Waals surface area contributed by atoms with Gasteiger partial charge in [0.2, 0.25) is 5.91 Å². The van der Waals surface area contributed by atoms with Crippen LogP contribution in [0, 0.1) is 5.92 Å². The second kappa shape index (κ2) is 6.22. The molecule has 0 bridgehead atoms. The van der Waals surface area contributed by atoms with Crippen molar-refractivity contribution >= 4 is 17.2 Å². The van der Waals surface area contributed by atoms with E-state index in [4.69, 9.17) is 4.74 Å². The number of pyridine rings is 1. The van der Waals surface area contributed by atoms with Gasteiger partial charge in [0.25, 0.3) is 0 Å². The quantitative estimate of drug-likeness (QED) is 0.937. The van der Waals surface area contributed by atoms with Crippen LogP contribution in [0.2, 0.25) is 0 Å². The molecule has 112 valence electrons. The van der Waals surface area contributed by atoms with Gasteiger partial charge in [-0.05, 0) is 43.7 Å². The number of nitrogens with zero attached hydrogens (tertiary/aromatic N) is 3. The highest BCUT2D eigenvalue weighted by Gasteiger charge is 2.19. The van der Waals surface area contributed by atoms with Gasteiger partial charge in [-0.15, -0.1) is 10.2 Å². The van der Waals surface area contributed by atoms with Gasteiger partial charge < -0.3 is 10.1 Å². The molecule has 1 amide bonds. The first-order valence-electron chi connectivity index (χ1n) is 7.41. The maximum Gasteiger partial charge on any atom is 0.250 e. The standard InChI is InChI=1S/C15H20N4O2/c1-11-2-5-13(6-3-11)21-9-15(20)17-12-4-7-14-18-16-10-19(14)8-12/h4,7-8,10-11,13H,2-3,5-6,9H2,1H3,(H,17,20). The molecule has 21 heavy (non-hydrogen) atoms. The number of hydrogen-bond donors (Lipinski definition) is 1. The van der Waals surface area contributed by atoms with Gasteiger partial charge >= 0.3 is 0 Å². The molecule has 2 heterocycles. The lowest BCUT2D eigenvalue weighted by Gasteiger charge is -2.25. The van der Waals surface area contributed by atoms with Gasteiger partial charge in [-0.3, -0.25) is 9.20 Å². The molecule has 1 aliphatic carbocycles. The van der Waals surface area contributed by atoms with Crippen molar-refractivity contribution in [3.63, 3.8) is 0 Å². The fraction of sp³-hybridized carbons (Fsp3) is 0.533. The van der Waals surface area contributed by atoms with Gasteiger partial charge in [0, 0.05) is 6.20 Å². The Hall–Kier alpha value is -1.95. The number of carbonyl (C=O) groups excluding carboxylic acids is 1. The van der Waals surface area contributed by atoms with E-state index in [2.05, 4.69) is 22.4 Å². The summed E-state index contributed by atoms with van der Waals surface area (Å²) >= 11 is 0. The average molecular weight is 288 g/mol. The largest absolute Gasteiger partial charge is 0.368 e. The molecule has 0 radical (unpaired) electrons. The minimum Gasteiger partial charge on any atom is -0.368 e. The molecule has 1 fully saturated rings. The van der Waals surface area contributed by atoms with Crippen LogP contribution in [0.25, 0.3) is 5.65 Å². The first kappa shape index (κ1) is 14.0. The Morgan fingerprint density at radius 3 is 3.00 bits per heavy atom. The number of amides is 1. The second-order valence-corrected chi connectivity index (χ2v) is 5.76. The fourth-order valence-electron chi connectivity index (χ4n) is 2.69. The normalized spacial score (nSPS) is 22.3. The van der Waals surface area contributed by atoms with Crippen LogP contribution in [-0.4, -0.2) is 33.2 Å². The lowest BCUT2D eigenvalue weighted by atomic mass is 9.89. The predicted octanol–water partition coefficient (Wildman–Crippen LogP) is 2.26. The molecule has 0 spiro atoms. The van der Waals surface area contributed by atoms with Crippen molar-refractivity contribution in [3.8, 4) is 0 Å². The van der Waals surface area contributed by atoms with Crippen LogP contribution in [0.15, 0.2) is 24.7 Å². The molecule has 0 aliphatic heterocycles. The Labute approximate surface area is 123 Å². The number of rotatable bonds is 4. The number of anilines is 1. The zero-order chi connectivity index (χ0) is 14.7. The van der Waals surface area contributed by atoms with Crippen LogP contribution in [0.4, 0.5) is 5.69 Å². The van der Waals surface area contributed by atoms with E-state index in [-0.39, 0.29) is 18.6 Å². The highest BCUT2D eigenvalue weighted by atomic mass is 16.5. The van der Waals surface area contributed by atoms with Crippen molar-refractivity contribution in [2.75, 3.05) is 11.9 Å². The maximum absolute atomic E-state index is 11.9. The molecule has 1 saturated carbocycles. The molecule has 0 unspecified atom stereocenters. The zero-order valence-corrected chi connectivity index (χ0v) is 12.2. The monoisotopic (exact) mass is 288 g/mol. The van der Waals surface area contributed by atoms with E-state index in [1.54, 1.807) is 16.9 Å². The Morgan fingerprint density at radius 1 is 1.38 bits per heavy atom. The Balaban J connectivity index is 1.49. The van der Waals surface area contributed by atoms with E-state index in [1.807, 2.05) is 12.1 Å². The third kappa shape index (κ3) is 3.58. The summed E-state index contributed by atoms with van der Waals surface area (Å²) in [7, 11) is 0. The number of ether oxygens (including phenoxy) is 1. The van der Waals surface area contributed by atoms with Crippen molar-refractivity contribution in [2.45, 2.75) is 38.7 Å².